The summed E-state index contributed by atoms with van der Waals surface area (Å²) in [6, 6.07) is 4.06. The molecule has 0 aliphatic carbocycles. The van der Waals surface area contributed by atoms with Crippen molar-refractivity contribution in [3.05, 3.63) is 28.5 Å². The third kappa shape index (κ3) is 2.47. The van der Waals surface area contributed by atoms with Gasteiger partial charge in [-0.05, 0) is 31.9 Å². The van der Waals surface area contributed by atoms with E-state index in [1.165, 1.54) is 0 Å². The van der Waals surface area contributed by atoms with E-state index in [9.17, 15) is 0 Å². The standard InChI is InChI=1S/C9H13ClN2/c1-6(11)5-8-4-3-7(2)12-9(8)10/h3-4,6H,5,11H2,1-2H3/t6-/m1/s1. The van der Waals surface area contributed by atoms with Crippen LogP contribution in [0.3, 0.4) is 0 Å². The lowest BCUT2D eigenvalue weighted by atomic mass is 10.1. The van der Waals surface area contributed by atoms with Crippen LogP contribution in [0.25, 0.3) is 0 Å². The molecule has 12 heavy (non-hydrogen) atoms. The van der Waals surface area contributed by atoms with Gasteiger partial charge in [0.15, 0.2) is 0 Å². The summed E-state index contributed by atoms with van der Waals surface area (Å²) < 4.78 is 0. The Hall–Kier alpha value is -0.600. The highest BCUT2D eigenvalue weighted by Gasteiger charge is 2.03. The number of halogens is 1. The number of nitrogens with two attached hydrogens (primary N) is 1. The SMILES string of the molecule is Cc1ccc(C[C@@H](C)N)c(Cl)n1. The average molecular weight is 185 g/mol. The number of aryl methyl sites for hydroxylation is 1. The molecule has 1 heterocycles. The minimum absolute atomic E-state index is 0.131. The first-order valence-electron chi connectivity index (χ1n) is 3.97. The van der Waals surface area contributed by atoms with Crippen LogP contribution in [0.5, 0.6) is 0 Å². The molecule has 0 aliphatic rings. The van der Waals surface area contributed by atoms with Crippen molar-refractivity contribution >= 4 is 11.6 Å². The molecule has 0 amide bonds. The Kier molecular flexibility index (Phi) is 3.06. The van der Waals surface area contributed by atoms with Gasteiger partial charge in [-0.2, -0.15) is 0 Å². The molecule has 0 saturated carbocycles. The van der Waals surface area contributed by atoms with E-state index in [1.807, 2.05) is 26.0 Å². The van der Waals surface area contributed by atoms with E-state index in [0.717, 1.165) is 17.7 Å². The van der Waals surface area contributed by atoms with Crippen LogP contribution in [0, 0.1) is 6.92 Å². The van der Waals surface area contributed by atoms with Crippen LogP contribution in [0.15, 0.2) is 12.1 Å². The van der Waals surface area contributed by atoms with Crippen molar-refractivity contribution in [3.63, 3.8) is 0 Å². The summed E-state index contributed by atoms with van der Waals surface area (Å²) in [6.07, 6.45) is 0.784. The molecule has 3 heteroatoms. The average Bonchev–Trinajstić information content (AvgIpc) is 1.94. The van der Waals surface area contributed by atoms with Gasteiger partial charge in [-0.1, -0.05) is 17.7 Å². The maximum atomic E-state index is 5.91. The Bertz CT molecular complexity index is 271. The zero-order chi connectivity index (χ0) is 9.14. The van der Waals surface area contributed by atoms with Crippen molar-refractivity contribution < 1.29 is 0 Å². The summed E-state index contributed by atoms with van der Waals surface area (Å²) in [5.41, 5.74) is 7.61. The van der Waals surface area contributed by atoms with E-state index in [-0.39, 0.29) is 6.04 Å². The summed E-state index contributed by atoms with van der Waals surface area (Å²) in [7, 11) is 0. The van der Waals surface area contributed by atoms with Crippen LogP contribution in [-0.2, 0) is 6.42 Å². The third-order valence-electron chi connectivity index (χ3n) is 1.61. The third-order valence-corrected chi connectivity index (χ3v) is 1.93. The molecule has 0 fully saturated rings. The maximum absolute atomic E-state index is 5.91. The molecule has 66 valence electrons. The predicted octanol–water partition coefficient (Wildman–Crippen LogP) is 1.93. The second-order valence-electron chi connectivity index (χ2n) is 3.08. The number of nitrogens with zero attached hydrogens (tertiary/aromatic N) is 1. The lowest BCUT2D eigenvalue weighted by molar-refractivity contribution is 0.735. The summed E-state index contributed by atoms with van der Waals surface area (Å²) >= 11 is 5.91. The van der Waals surface area contributed by atoms with Gasteiger partial charge in [0, 0.05) is 11.7 Å². The van der Waals surface area contributed by atoms with Crippen molar-refractivity contribution in [1.29, 1.82) is 0 Å². The molecule has 0 aromatic carbocycles. The van der Waals surface area contributed by atoms with Crippen molar-refractivity contribution in [2.75, 3.05) is 0 Å². The minimum Gasteiger partial charge on any atom is -0.328 e. The first-order valence-corrected chi connectivity index (χ1v) is 4.35. The Morgan fingerprint density at radius 3 is 2.75 bits per heavy atom. The zero-order valence-corrected chi connectivity index (χ0v) is 8.10. The van der Waals surface area contributed by atoms with E-state index in [4.69, 9.17) is 17.3 Å². The van der Waals surface area contributed by atoms with Gasteiger partial charge in [0.05, 0.1) is 0 Å². The molecule has 1 rings (SSSR count). The number of pyridine rings is 1. The van der Waals surface area contributed by atoms with Crippen LogP contribution < -0.4 is 5.73 Å². The van der Waals surface area contributed by atoms with Gasteiger partial charge in [0.1, 0.15) is 5.15 Å². The van der Waals surface area contributed by atoms with Crippen molar-refractivity contribution in [2.24, 2.45) is 5.73 Å². The lowest BCUT2D eigenvalue weighted by Crippen LogP contribution is -2.18. The van der Waals surface area contributed by atoms with E-state index < -0.39 is 0 Å². The fraction of sp³-hybridized carbons (Fsp3) is 0.444. The van der Waals surface area contributed by atoms with E-state index in [1.54, 1.807) is 0 Å². The fourth-order valence-electron chi connectivity index (χ4n) is 1.05. The quantitative estimate of drug-likeness (QED) is 0.714. The second kappa shape index (κ2) is 3.87. The van der Waals surface area contributed by atoms with Gasteiger partial charge in [-0.3, -0.25) is 0 Å². The molecule has 2 N–H and O–H groups in total. The molecule has 1 atom stereocenters. The largest absolute Gasteiger partial charge is 0.328 e. The highest BCUT2D eigenvalue weighted by atomic mass is 35.5. The summed E-state index contributed by atoms with van der Waals surface area (Å²) in [6.45, 7) is 3.87. The van der Waals surface area contributed by atoms with Crippen molar-refractivity contribution in [3.8, 4) is 0 Å². The van der Waals surface area contributed by atoms with Crippen molar-refractivity contribution in [1.82, 2.24) is 4.98 Å². The topological polar surface area (TPSA) is 38.9 Å². The normalized spacial score (nSPS) is 13.0. The fourth-order valence-corrected chi connectivity index (χ4v) is 1.33. The van der Waals surface area contributed by atoms with Crippen LogP contribution in [0.1, 0.15) is 18.2 Å². The summed E-state index contributed by atoms with van der Waals surface area (Å²) in [5, 5.41) is 0.576. The molecule has 1 aromatic rings. The van der Waals surface area contributed by atoms with E-state index in [2.05, 4.69) is 4.98 Å². The summed E-state index contributed by atoms with van der Waals surface area (Å²) in [5.74, 6) is 0. The first-order chi connectivity index (χ1) is 5.59. The molecule has 0 spiro atoms. The monoisotopic (exact) mass is 184 g/mol. The molecule has 0 aliphatic heterocycles. The highest BCUT2D eigenvalue weighted by molar-refractivity contribution is 6.30. The molecule has 2 nitrogen and oxygen atoms in total. The number of hydrogen-bond acceptors (Lipinski definition) is 2. The van der Waals surface area contributed by atoms with Crippen LogP contribution in [-0.4, -0.2) is 11.0 Å². The Labute approximate surface area is 77.8 Å². The minimum atomic E-state index is 0.131. The van der Waals surface area contributed by atoms with Gasteiger partial charge < -0.3 is 5.73 Å². The van der Waals surface area contributed by atoms with Gasteiger partial charge in [0.25, 0.3) is 0 Å². The van der Waals surface area contributed by atoms with Gasteiger partial charge >= 0.3 is 0 Å². The number of rotatable bonds is 2. The lowest BCUT2D eigenvalue weighted by Gasteiger charge is -2.06. The zero-order valence-electron chi connectivity index (χ0n) is 7.34. The molecule has 0 unspecified atom stereocenters. The van der Waals surface area contributed by atoms with Gasteiger partial charge in [0.2, 0.25) is 0 Å². The predicted molar refractivity (Wildman–Crippen MR) is 51.3 cm³/mol. The van der Waals surface area contributed by atoms with Crippen LogP contribution >= 0.6 is 11.6 Å². The molecular weight excluding hydrogens is 172 g/mol. The Balaban J connectivity index is 2.86. The van der Waals surface area contributed by atoms with Gasteiger partial charge in [-0.15, -0.1) is 0 Å². The molecule has 1 aromatic heterocycles. The van der Waals surface area contributed by atoms with Crippen LogP contribution in [0.2, 0.25) is 5.15 Å². The summed E-state index contributed by atoms with van der Waals surface area (Å²) in [4.78, 5) is 4.14. The van der Waals surface area contributed by atoms with Crippen LogP contribution in [0.4, 0.5) is 0 Å². The Morgan fingerprint density at radius 1 is 1.58 bits per heavy atom. The van der Waals surface area contributed by atoms with E-state index >= 15 is 0 Å². The van der Waals surface area contributed by atoms with E-state index in [0.29, 0.717) is 5.15 Å². The highest BCUT2D eigenvalue weighted by Crippen LogP contribution is 2.14. The van der Waals surface area contributed by atoms with Crippen molar-refractivity contribution in [2.45, 2.75) is 26.3 Å². The number of aromatic nitrogens is 1. The Morgan fingerprint density at radius 2 is 2.25 bits per heavy atom. The smallest absolute Gasteiger partial charge is 0.132 e. The number of hydrogen-bond donors (Lipinski definition) is 1. The maximum Gasteiger partial charge on any atom is 0.132 e. The first kappa shape index (κ1) is 9.49. The molecular formula is C9H13ClN2. The van der Waals surface area contributed by atoms with Gasteiger partial charge in [-0.25, -0.2) is 4.98 Å². The molecule has 0 saturated heterocycles. The second-order valence-corrected chi connectivity index (χ2v) is 3.44. The molecule has 0 bridgehead atoms. The molecule has 0 radical (unpaired) electrons.